The lowest BCUT2D eigenvalue weighted by atomic mass is 10.1. The van der Waals surface area contributed by atoms with Gasteiger partial charge in [0.2, 0.25) is 0 Å². The summed E-state index contributed by atoms with van der Waals surface area (Å²) in [6, 6.07) is 14.6. The Labute approximate surface area is 139 Å². The number of methoxy groups -OCH3 is 1. The van der Waals surface area contributed by atoms with Crippen LogP contribution < -0.4 is 5.32 Å². The standard InChI is InChI=1S/C19H18N2O3/c1-12-15-9-4-5-10-16(15)21(2)17(12)18(22)20-14-8-6-7-13(11-14)19(23)24-3/h4-11H,1-3H3,(H,20,22). The zero-order chi connectivity index (χ0) is 17.3. The Bertz CT molecular complexity index is 902. The number of carbonyl (C=O) groups is 2. The molecule has 0 aliphatic heterocycles. The number of rotatable bonds is 3. The summed E-state index contributed by atoms with van der Waals surface area (Å²) in [6.45, 7) is 1.93. The van der Waals surface area contributed by atoms with Crippen molar-refractivity contribution in [1.29, 1.82) is 0 Å². The minimum absolute atomic E-state index is 0.215. The highest BCUT2D eigenvalue weighted by molar-refractivity contribution is 6.08. The third-order valence-corrected chi connectivity index (χ3v) is 4.12. The number of anilines is 1. The average Bonchev–Trinajstić information content (AvgIpc) is 2.86. The molecule has 3 aromatic rings. The second-order valence-electron chi connectivity index (χ2n) is 5.58. The van der Waals surface area contributed by atoms with Crippen LogP contribution in [0.25, 0.3) is 10.9 Å². The maximum Gasteiger partial charge on any atom is 0.337 e. The molecule has 0 spiro atoms. The number of carbonyl (C=O) groups excluding carboxylic acids is 2. The van der Waals surface area contributed by atoms with Crippen LogP contribution in [-0.2, 0) is 11.8 Å². The van der Waals surface area contributed by atoms with E-state index in [1.54, 1.807) is 24.3 Å². The highest BCUT2D eigenvalue weighted by atomic mass is 16.5. The maximum absolute atomic E-state index is 12.7. The number of hydrogen-bond acceptors (Lipinski definition) is 3. The van der Waals surface area contributed by atoms with Crippen LogP contribution in [0.4, 0.5) is 5.69 Å². The monoisotopic (exact) mass is 322 g/mol. The Morgan fingerprint density at radius 1 is 1.08 bits per heavy atom. The van der Waals surface area contributed by atoms with Crippen LogP contribution in [0.15, 0.2) is 48.5 Å². The van der Waals surface area contributed by atoms with Crippen molar-refractivity contribution in [1.82, 2.24) is 4.57 Å². The van der Waals surface area contributed by atoms with E-state index < -0.39 is 5.97 Å². The molecule has 1 amide bonds. The zero-order valence-electron chi connectivity index (χ0n) is 13.8. The molecule has 1 heterocycles. The highest BCUT2D eigenvalue weighted by Crippen LogP contribution is 2.25. The fourth-order valence-electron chi connectivity index (χ4n) is 2.94. The van der Waals surface area contributed by atoms with Gasteiger partial charge in [-0.15, -0.1) is 0 Å². The quantitative estimate of drug-likeness (QED) is 0.751. The normalized spacial score (nSPS) is 10.6. The van der Waals surface area contributed by atoms with Gasteiger partial charge < -0.3 is 14.6 Å². The van der Waals surface area contributed by atoms with Crippen molar-refractivity contribution in [2.75, 3.05) is 12.4 Å². The number of amides is 1. The number of nitrogens with zero attached hydrogens (tertiary/aromatic N) is 1. The first-order valence-electron chi connectivity index (χ1n) is 7.56. The van der Waals surface area contributed by atoms with Gasteiger partial charge in [0.15, 0.2) is 0 Å². The molecule has 24 heavy (non-hydrogen) atoms. The second-order valence-corrected chi connectivity index (χ2v) is 5.58. The molecular formula is C19H18N2O3. The van der Waals surface area contributed by atoms with E-state index in [0.29, 0.717) is 16.9 Å². The predicted molar refractivity (Wildman–Crippen MR) is 93.4 cm³/mol. The van der Waals surface area contributed by atoms with E-state index in [1.807, 2.05) is 42.8 Å². The Morgan fingerprint density at radius 3 is 2.54 bits per heavy atom. The largest absolute Gasteiger partial charge is 0.465 e. The summed E-state index contributed by atoms with van der Waals surface area (Å²) in [5, 5.41) is 3.90. The molecule has 1 N–H and O–H groups in total. The van der Waals surface area contributed by atoms with Crippen molar-refractivity contribution in [3.8, 4) is 0 Å². The van der Waals surface area contributed by atoms with Crippen LogP contribution in [0.2, 0.25) is 0 Å². The van der Waals surface area contributed by atoms with E-state index in [4.69, 9.17) is 4.74 Å². The summed E-state index contributed by atoms with van der Waals surface area (Å²) in [6.07, 6.45) is 0. The minimum atomic E-state index is -0.438. The molecule has 2 aromatic carbocycles. The SMILES string of the molecule is COC(=O)c1cccc(NC(=O)c2c(C)c3ccccc3n2C)c1. The van der Waals surface area contributed by atoms with Gasteiger partial charge in [0.05, 0.1) is 12.7 Å². The Morgan fingerprint density at radius 2 is 1.83 bits per heavy atom. The van der Waals surface area contributed by atoms with Crippen molar-refractivity contribution in [3.63, 3.8) is 0 Å². The summed E-state index contributed by atoms with van der Waals surface area (Å²) in [4.78, 5) is 24.3. The molecule has 0 fully saturated rings. The van der Waals surface area contributed by atoms with Crippen LogP contribution in [0.5, 0.6) is 0 Å². The summed E-state index contributed by atoms with van der Waals surface area (Å²) in [7, 11) is 3.20. The molecule has 0 radical (unpaired) electrons. The van der Waals surface area contributed by atoms with E-state index in [9.17, 15) is 9.59 Å². The van der Waals surface area contributed by atoms with E-state index in [1.165, 1.54) is 7.11 Å². The first-order valence-corrected chi connectivity index (χ1v) is 7.56. The van der Waals surface area contributed by atoms with Gasteiger partial charge in [0.25, 0.3) is 5.91 Å². The fraction of sp³-hybridized carbons (Fsp3) is 0.158. The topological polar surface area (TPSA) is 60.3 Å². The first kappa shape index (κ1) is 15.8. The predicted octanol–water partition coefficient (Wildman–Crippen LogP) is 3.53. The molecule has 1 aromatic heterocycles. The van der Waals surface area contributed by atoms with Crippen LogP contribution in [0.3, 0.4) is 0 Å². The van der Waals surface area contributed by atoms with E-state index in [2.05, 4.69) is 5.32 Å². The van der Waals surface area contributed by atoms with Crippen LogP contribution >= 0.6 is 0 Å². The van der Waals surface area contributed by atoms with Crippen LogP contribution in [0, 0.1) is 6.92 Å². The smallest absolute Gasteiger partial charge is 0.337 e. The van der Waals surface area contributed by atoms with Crippen molar-refractivity contribution >= 4 is 28.5 Å². The molecule has 122 valence electrons. The first-order chi connectivity index (χ1) is 11.5. The lowest BCUT2D eigenvalue weighted by Crippen LogP contribution is -2.17. The van der Waals surface area contributed by atoms with Crippen molar-refractivity contribution < 1.29 is 14.3 Å². The highest BCUT2D eigenvalue weighted by Gasteiger charge is 2.18. The molecule has 0 saturated carbocycles. The number of nitrogens with one attached hydrogen (secondary N) is 1. The number of hydrogen-bond donors (Lipinski definition) is 1. The zero-order valence-corrected chi connectivity index (χ0v) is 13.8. The van der Waals surface area contributed by atoms with Gasteiger partial charge in [-0.3, -0.25) is 4.79 Å². The van der Waals surface area contributed by atoms with Gasteiger partial charge in [-0.25, -0.2) is 4.79 Å². The Balaban J connectivity index is 1.95. The van der Waals surface area contributed by atoms with Crippen LogP contribution in [-0.4, -0.2) is 23.6 Å². The number of aryl methyl sites for hydroxylation is 2. The molecule has 0 saturated heterocycles. The lowest BCUT2D eigenvalue weighted by molar-refractivity contribution is 0.0600. The average molecular weight is 322 g/mol. The van der Waals surface area contributed by atoms with Gasteiger partial charge in [-0.05, 0) is 36.8 Å². The van der Waals surface area contributed by atoms with Gasteiger partial charge in [-0.2, -0.15) is 0 Å². The molecule has 0 unspecified atom stereocenters. The van der Waals surface area contributed by atoms with E-state index in [0.717, 1.165) is 16.5 Å². The molecule has 3 rings (SSSR count). The Hall–Kier alpha value is -3.08. The summed E-state index contributed by atoms with van der Waals surface area (Å²) < 4.78 is 6.58. The van der Waals surface area contributed by atoms with Crippen molar-refractivity contribution in [3.05, 3.63) is 65.4 Å². The van der Waals surface area contributed by atoms with E-state index >= 15 is 0 Å². The molecule has 5 heteroatoms. The van der Waals surface area contributed by atoms with Crippen LogP contribution in [0.1, 0.15) is 26.4 Å². The van der Waals surface area contributed by atoms with Crippen molar-refractivity contribution in [2.45, 2.75) is 6.92 Å². The second kappa shape index (κ2) is 6.20. The Kier molecular flexibility index (Phi) is 4.08. The van der Waals surface area contributed by atoms with Gasteiger partial charge in [0, 0.05) is 23.6 Å². The molecule has 0 bridgehead atoms. The maximum atomic E-state index is 12.7. The summed E-state index contributed by atoms with van der Waals surface area (Å²) >= 11 is 0. The lowest BCUT2D eigenvalue weighted by Gasteiger charge is -2.09. The summed E-state index contributed by atoms with van der Waals surface area (Å²) in [5.41, 5.74) is 3.47. The van der Waals surface area contributed by atoms with Crippen molar-refractivity contribution in [2.24, 2.45) is 7.05 Å². The number of esters is 1. The number of para-hydroxylation sites is 1. The summed E-state index contributed by atoms with van der Waals surface area (Å²) in [5.74, 6) is -0.653. The minimum Gasteiger partial charge on any atom is -0.465 e. The van der Waals surface area contributed by atoms with E-state index in [-0.39, 0.29) is 5.91 Å². The molecule has 0 aliphatic rings. The number of ether oxygens (including phenoxy) is 1. The molecule has 5 nitrogen and oxygen atoms in total. The fourth-order valence-corrected chi connectivity index (χ4v) is 2.94. The van der Waals surface area contributed by atoms with Gasteiger partial charge in [0.1, 0.15) is 5.69 Å². The van der Waals surface area contributed by atoms with Gasteiger partial charge >= 0.3 is 5.97 Å². The third-order valence-electron chi connectivity index (χ3n) is 4.12. The number of aromatic nitrogens is 1. The molecule has 0 aliphatic carbocycles. The van der Waals surface area contributed by atoms with Gasteiger partial charge in [-0.1, -0.05) is 24.3 Å². The molecular weight excluding hydrogens is 304 g/mol. The number of benzene rings is 2. The third kappa shape index (κ3) is 2.65. The molecule has 0 atom stereocenters. The number of fused-ring (bicyclic) bond motifs is 1.